The Labute approximate surface area is 164 Å². The molecule has 1 aliphatic heterocycles. The van der Waals surface area contributed by atoms with Gasteiger partial charge in [-0.3, -0.25) is 4.79 Å². The lowest BCUT2D eigenvalue weighted by molar-refractivity contribution is -0.122. The van der Waals surface area contributed by atoms with Crippen LogP contribution >= 0.6 is 23.2 Å². The maximum atomic E-state index is 12.6. The molecule has 0 aromatic heterocycles. The van der Waals surface area contributed by atoms with Gasteiger partial charge in [0.15, 0.2) is 0 Å². The number of carbonyl (C=O) groups excluding carboxylic acids is 1. The van der Waals surface area contributed by atoms with Crippen LogP contribution in [0.25, 0.3) is 0 Å². The molecule has 0 aliphatic carbocycles. The van der Waals surface area contributed by atoms with E-state index in [1.807, 2.05) is 39.0 Å². The summed E-state index contributed by atoms with van der Waals surface area (Å²) in [5.74, 6) is 0.830. The number of amides is 1. The van der Waals surface area contributed by atoms with E-state index < -0.39 is 0 Å². The van der Waals surface area contributed by atoms with E-state index >= 15 is 0 Å². The van der Waals surface area contributed by atoms with E-state index in [9.17, 15) is 4.79 Å². The van der Waals surface area contributed by atoms with Crippen molar-refractivity contribution in [1.82, 2.24) is 5.32 Å². The first-order valence-corrected chi connectivity index (χ1v) is 9.52. The average molecular weight is 392 g/mol. The monoisotopic (exact) mass is 391 g/mol. The van der Waals surface area contributed by atoms with E-state index in [2.05, 4.69) is 5.32 Å². The number of halogens is 2. The minimum atomic E-state index is -0.329. The molecular weight excluding hydrogens is 369 g/mol. The fraction of sp³-hybridized carbons (Fsp3) is 0.381. The number of ether oxygens (including phenoxy) is 1. The Balaban J connectivity index is 1.71. The number of nitrogens with one attached hydrogen (secondary N) is 1. The number of rotatable bonds is 4. The van der Waals surface area contributed by atoms with Crippen LogP contribution in [0.2, 0.25) is 10.0 Å². The van der Waals surface area contributed by atoms with Gasteiger partial charge < -0.3 is 10.1 Å². The van der Waals surface area contributed by atoms with Gasteiger partial charge in [0.25, 0.3) is 0 Å². The summed E-state index contributed by atoms with van der Waals surface area (Å²) < 4.78 is 6.09. The van der Waals surface area contributed by atoms with Crippen LogP contribution in [0.5, 0.6) is 5.75 Å². The molecule has 0 radical (unpaired) electrons. The molecule has 0 saturated carbocycles. The Morgan fingerprint density at radius 2 is 1.92 bits per heavy atom. The van der Waals surface area contributed by atoms with Gasteiger partial charge >= 0.3 is 0 Å². The lowest BCUT2D eigenvalue weighted by Gasteiger charge is -2.38. The molecule has 0 bridgehead atoms. The molecule has 1 atom stereocenters. The third-order valence-electron chi connectivity index (χ3n) is 4.63. The first-order chi connectivity index (χ1) is 12.2. The zero-order valence-corrected chi connectivity index (χ0v) is 16.7. The van der Waals surface area contributed by atoms with Crippen LogP contribution in [0.15, 0.2) is 36.4 Å². The predicted molar refractivity (Wildman–Crippen MR) is 106 cm³/mol. The third-order valence-corrected chi connectivity index (χ3v) is 5.33. The van der Waals surface area contributed by atoms with Crippen LogP contribution in [0.1, 0.15) is 49.4 Å². The topological polar surface area (TPSA) is 38.3 Å². The van der Waals surface area contributed by atoms with E-state index in [0.29, 0.717) is 22.9 Å². The second-order valence-electron chi connectivity index (χ2n) is 7.43. The Morgan fingerprint density at radius 3 is 2.62 bits per heavy atom. The van der Waals surface area contributed by atoms with E-state index in [1.165, 1.54) is 0 Å². The van der Waals surface area contributed by atoms with Crippen LogP contribution in [0.3, 0.4) is 0 Å². The molecule has 0 unspecified atom stereocenters. The number of hydrogen-bond donors (Lipinski definition) is 1. The van der Waals surface area contributed by atoms with Crippen LogP contribution in [0, 0.1) is 6.92 Å². The molecule has 1 amide bonds. The summed E-state index contributed by atoms with van der Waals surface area (Å²) in [5, 5.41) is 4.35. The number of carbonyl (C=O) groups is 1. The number of aryl methyl sites for hydroxylation is 1. The summed E-state index contributed by atoms with van der Waals surface area (Å²) in [6.45, 7) is 6.12. The van der Waals surface area contributed by atoms with Crippen LogP contribution in [-0.4, -0.2) is 11.5 Å². The Morgan fingerprint density at radius 1 is 1.23 bits per heavy atom. The van der Waals surface area contributed by atoms with Crippen molar-refractivity contribution in [2.24, 2.45) is 0 Å². The normalized spacial score (nSPS) is 18.0. The van der Waals surface area contributed by atoms with Crippen LogP contribution in [0.4, 0.5) is 0 Å². The van der Waals surface area contributed by atoms with Gasteiger partial charge in [-0.25, -0.2) is 0 Å². The second kappa shape index (κ2) is 7.50. The smallest absolute Gasteiger partial charge is 0.220 e. The molecule has 1 N–H and O–H groups in total. The van der Waals surface area contributed by atoms with Crippen molar-refractivity contribution < 1.29 is 9.53 Å². The van der Waals surface area contributed by atoms with Gasteiger partial charge in [-0.15, -0.1) is 0 Å². The van der Waals surface area contributed by atoms with Gasteiger partial charge in [-0.1, -0.05) is 41.4 Å². The first-order valence-electron chi connectivity index (χ1n) is 8.77. The molecule has 138 valence electrons. The fourth-order valence-electron chi connectivity index (χ4n) is 3.36. The largest absolute Gasteiger partial charge is 0.487 e. The molecule has 2 aromatic carbocycles. The number of hydrogen-bond acceptors (Lipinski definition) is 2. The van der Waals surface area contributed by atoms with Crippen molar-refractivity contribution in [3.63, 3.8) is 0 Å². The Kier molecular flexibility index (Phi) is 5.50. The summed E-state index contributed by atoms with van der Waals surface area (Å²) in [6, 6.07) is 11.4. The molecular formula is C21H23Cl2NO2. The lowest BCUT2D eigenvalue weighted by atomic mass is 9.89. The summed E-state index contributed by atoms with van der Waals surface area (Å²) in [5.41, 5.74) is 2.65. The summed E-state index contributed by atoms with van der Waals surface area (Å²) in [6.07, 6.45) is 1.57. The van der Waals surface area contributed by atoms with Crippen molar-refractivity contribution in [3.05, 3.63) is 63.1 Å². The van der Waals surface area contributed by atoms with E-state index in [4.69, 9.17) is 27.9 Å². The number of fused-ring (bicyclic) bond motifs is 1. The van der Waals surface area contributed by atoms with Gasteiger partial charge in [0, 0.05) is 28.5 Å². The fourth-order valence-corrected chi connectivity index (χ4v) is 3.95. The summed E-state index contributed by atoms with van der Waals surface area (Å²) >= 11 is 12.4. The highest BCUT2D eigenvalue weighted by molar-refractivity contribution is 6.36. The SMILES string of the molecule is Cc1ccc2c(c1)OC(C)(C)C[C@@H]2NC(=O)CCc1c(Cl)cccc1Cl. The minimum Gasteiger partial charge on any atom is -0.487 e. The van der Waals surface area contributed by atoms with Gasteiger partial charge in [-0.2, -0.15) is 0 Å². The van der Waals surface area contributed by atoms with E-state index in [0.717, 1.165) is 28.9 Å². The van der Waals surface area contributed by atoms with Gasteiger partial charge in [0.2, 0.25) is 5.91 Å². The number of benzene rings is 2. The Hall–Kier alpha value is -1.71. The lowest BCUT2D eigenvalue weighted by Crippen LogP contribution is -2.41. The average Bonchev–Trinajstić information content (AvgIpc) is 2.52. The maximum absolute atomic E-state index is 12.6. The molecule has 1 aliphatic rings. The first kappa shape index (κ1) is 19.1. The van der Waals surface area contributed by atoms with Crippen LogP contribution < -0.4 is 10.1 Å². The van der Waals surface area contributed by atoms with Crippen molar-refractivity contribution >= 4 is 29.1 Å². The van der Waals surface area contributed by atoms with E-state index in [1.54, 1.807) is 18.2 Å². The standard InChI is InChI=1S/C21H23Cl2NO2/c1-13-7-8-15-18(12-21(2,3)26-19(15)11-13)24-20(25)10-9-14-16(22)5-4-6-17(14)23/h4-8,11,18H,9-10,12H2,1-3H3,(H,24,25)/t18-/m0/s1. The highest BCUT2D eigenvalue weighted by atomic mass is 35.5. The van der Waals surface area contributed by atoms with Crippen LogP contribution in [-0.2, 0) is 11.2 Å². The summed E-state index contributed by atoms with van der Waals surface area (Å²) in [7, 11) is 0. The van der Waals surface area contributed by atoms with Gasteiger partial charge in [0.1, 0.15) is 11.4 Å². The molecule has 2 aromatic rings. The maximum Gasteiger partial charge on any atom is 0.220 e. The molecule has 0 fully saturated rings. The minimum absolute atomic E-state index is 0.0183. The molecule has 3 rings (SSSR count). The molecule has 0 saturated heterocycles. The zero-order chi connectivity index (χ0) is 18.9. The molecule has 0 spiro atoms. The zero-order valence-electron chi connectivity index (χ0n) is 15.2. The van der Waals surface area contributed by atoms with Gasteiger partial charge in [0.05, 0.1) is 6.04 Å². The quantitative estimate of drug-likeness (QED) is 0.730. The Bertz CT molecular complexity index is 813. The van der Waals surface area contributed by atoms with Crippen molar-refractivity contribution in [2.45, 2.75) is 51.7 Å². The summed E-state index contributed by atoms with van der Waals surface area (Å²) in [4.78, 5) is 12.6. The van der Waals surface area contributed by atoms with Crippen molar-refractivity contribution in [3.8, 4) is 5.75 Å². The molecule has 26 heavy (non-hydrogen) atoms. The van der Waals surface area contributed by atoms with Crippen molar-refractivity contribution in [2.75, 3.05) is 0 Å². The molecule has 5 heteroatoms. The van der Waals surface area contributed by atoms with Crippen molar-refractivity contribution in [1.29, 1.82) is 0 Å². The highest BCUT2D eigenvalue weighted by Crippen LogP contribution is 2.40. The van der Waals surface area contributed by atoms with Gasteiger partial charge in [-0.05, 0) is 56.5 Å². The molecule has 1 heterocycles. The van der Waals surface area contributed by atoms with E-state index in [-0.39, 0.29) is 17.6 Å². The second-order valence-corrected chi connectivity index (χ2v) is 8.24. The third kappa shape index (κ3) is 4.33. The highest BCUT2D eigenvalue weighted by Gasteiger charge is 2.34. The molecule has 3 nitrogen and oxygen atoms in total. The predicted octanol–water partition coefficient (Wildman–Crippen LogP) is 5.65.